The van der Waals surface area contributed by atoms with Crippen molar-refractivity contribution in [1.29, 1.82) is 0 Å². The lowest BCUT2D eigenvalue weighted by molar-refractivity contribution is -0.142. The van der Waals surface area contributed by atoms with E-state index in [4.69, 9.17) is 9.73 Å². The van der Waals surface area contributed by atoms with Gasteiger partial charge in [-0.3, -0.25) is 9.79 Å². The molecular formula is C20H37N5O2. The molecule has 3 saturated heterocycles. The van der Waals surface area contributed by atoms with E-state index < -0.39 is 0 Å². The Hall–Kier alpha value is -1.34. The largest absolute Gasteiger partial charge is 0.368 e. The van der Waals surface area contributed by atoms with Crippen LogP contribution in [0.3, 0.4) is 0 Å². The average Bonchev–Trinajstić information content (AvgIpc) is 3.23. The predicted octanol–water partition coefficient (Wildman–Crippen LogP) is 1.01. The molecule has 3 fully saturated rings. The first-order valence-electron chi connectivity index (χ1n) is 10.8. The van der Waals surface area contributed by atoms with Crippen LogP contribution in [-0.2, 0) is 9.53 Å². The van der Waals surface area contributed by atoms with Crippen LogP contribution in [0.5, 0.6) is 0 Å². The van der Waals surface area contributed by atoms with Crippen molar-refractivity contribution in [2.45, 2.75) is 45.6 Å². The molecule has 0 aromatic rings. The van der Waals surface area contributed by atoms with Gasteiger partial charge in [0.25, 0.3) is 5.91 Å². The molecule has 0 aliphatic carbocycles. The van der Waals surface area contributed by atoms with Crippen LogP contribution in [-0.4, -0.2) is 98.2 Å². The van der Waals surface area contributed by atoms with Gasteiger partial charge in [0.2, 0.25) is 0 Å². The number of aliphatic imine (C=N–C) groups is 1. The smallest absolute Gasteiger partial charge is 0.251 e. The number of ether oxygens (including phenoxy) is 1. The van der Waals surface area contributed by atoms with Gasteiger partial charge in [0.15, 0.2) is 5.96 Å². The fourth-order valence-electron chi connectivity index (χ4n) is 4.12. The zero-order valence-electron chi connectivity index (χ0n) is 17.2. The van der Waals surface area contributed by atoms with Crippen molar-refractivity contribution in [3.05, 3.63) is 0 Å². The fraction of sp³-hybridized carbons (Fsp3) is 0.900. The summed E-state index contributed by atoms with van der Waals surface area (Å²) >= 11 is 0. The highest BCUT2D eigenvalue weighted by Gasteiger charge is 2.30. The number of carbonyl (C=O) groups is 1. The molecule has 3 heterocycles. The predicted molar refractivity (Wildman–Crippen MR) is 108 cm³/mol. The van der Waals surface area contributed by atoms with Crippen molar-refractivity contribution in [3.8, 4) is 0 Å². The number of piperazine rings is 1. The van der Waals surface area contributed by atoms with Crippen LogP contribution in [0.1, 0.15) is 39.5 Å². The lowest BCUT2D eigenvalue weighted by Gasteiger charge is -2.37. The number of nitrogens with one attached hydrogen (secondary N) is 1. The lowest BCUT2D eigenvalue weighted by Crippen LogP contribution is -2.55. The van der Waals surface area contributed by atoms with Crippen LogP contribution >= 0.6 is 0 Å². The number of carbonyl (C=O) groups excluding carboxylic acids is 1. The van der Waals surface area contributed by atoms with Gasteiger partial charge in [-0.15, -0.1) is 0 Å². The number of amides is 1. The molecule has 0 aromatic heterocycles. The number of hydrogen-bond acceptors (Lipinski definition) is 4. The standard InChI is InChI=1S/C20H37N5O2/c1-3-21-20(22-8-11-23-9-6-17(2)7-10-23)25-14-12-24(13-15-25)19(26)18-5-4-16-27-18/h17-18H,3-16H2,1-2H3,(H,21,22). The maximum atomic E-state index is 12.5. The van der Waals surface area contributed by atoms with Crippen LogP contribution in [0.25, 0.3) is 0 Å². The van der Waals surface area contributed by atoms with Crippen LogP contribution < -0.4 is 5.32 Å². The Labute approximate surface area is 164 Å². The van der Waals surface area contributed by atoms with Crippen molar-refractivity contribution in [2.75, 3.05) is 65.5 Å². The second-order valence-corrected chi connectivity index (χ2v) is 8.07. The Kier molecular flexibility index (Phi) is 7.76. The van der Waals surface area contributed by atoms with Crippen molar-refractivity contribution in [3.63, 3.8) is 0 Å². The second-order valence-electron chi connectivity index (χ2n) is 8.07. The highest BCUT2D eigenvalue weighted by atomic mass is 16.5. The van der Waals surface area contributed by atoms with Gasteiger partial charge < -0.3 is 24.8 Å². The molecule has 3 rings (SSSR count). The Balaban J connectivity index is 1.45. The number of guanidine groups is 1. The third kappa shape index (κ3) is 5.82. The Morgan fingerprint density at radius 2 is 1.78 bits per heavy atom. The van der Waals surface area contributed by atoms with Crippen LogP contribution in [0.2, 0.25) is 0 Å². The summed E-state index contributed by atoms with van der Waals surface area (Å²) in [6.45, 7) is 13.5. The molecule has 0 spiro atoms. The van der Waals surface area contributed by atoms with Gasteiger partial charge in [-0.05, 0) is 51.6 Å². The van der Waals surface area contributed by atoms with Crippen LogP contribution in [0, 0.1) is 5.92 Å². The van der Waals surface area contributed by atoms with Gasteiger partial charge in [-0.1, -0.05) is 6.92 Å². The maximum absolute atomic E-state index is 12.5. The van der Waals surface area contributed by atoms with Crippen molar-refractivity contribution < 1.29 is 9.53 Å². The Morgan fingerprint density at radius 3 is 2.41 bits per heavy atom. The minimum atomic E-state index is -0.203. The molecule has 0 bridgehead atoms. The van der Waals surface area contributed by atoms with Crippen molar-refractivity contribution in [1.82, 2.24) is 20.0 Å². The van der Waals surface area contributed by atoms with Gasteiger partial charge in [-0.25, -0.2) is 0 Å². The molecule has 3 aliphatic heterocycles. The summed E-state index contributed by atoms with van der Waals surface area (Å²) in [6, 6.07) is 0. The van der Waals surface area contributed by atoms with E-state index in [2.05, 4.69) is 29.0 Å². The minimum absolute atomic E-state index is 0.174. The number of likely N-dealkylation sites (tertiary alicyclic amines) is 1. The summed E-state index contributed by atoms with van der Waals surface area (Å²) in [5.41, 5.74) is 0. The molecule has 1 amide bonds. The number of piperidine rings is 1. The monoisotopic (exact) mass is 379 g/mol. The summed E-state index contributed by atoms with van der Waals surface area (Å²) in [5, 5.41) is 3.43. The zero-order valence-corrected chi connectivity index (χ0v) is 17.2. The van der Waals surface area contributed by atoms with Crippen LogP contribution in [0.15, 0.2) is 4.99 Å². The molecule has 7 heteroatoms. The van der Waals surface area contributed by atoms with Gasteiger partial charge in [-0.2, -0.15) is 0 Å². The highest BCUT2D eigenvalue weighted by molar-refractivity contribution is 5.82. The Morgan fingerprint density at radius 1 is 1.07 bits per heavy atom. The van der Waals surface area contributed by atoms with Gasteiger partial charge in [0, 0.05) is 45.9 Å². The Bertz CT molecular complexity index is 491. The molecule has 27 heavy (non-hydrogen) atoms. The van der Waals surface area contributed by atoms with Crippen LogP contribution in [0.4, 0.5) is 0 Å². The molecule has 0 aromatic carbocycles. The third-order valence-electron chi connectivity index (χ3n) is 5.98. The van der Waals surface area contributed by atoms with E-state index in [-0.39, 0.29) is 12.0 Å². The lowest BCUT2D eigenvalue weighted by atomic mass is 9.99. The third-order valence-corrected chi connectivity index (χ3v) is 5.98. The van der Waals surface area contributed by atoms with Crippen molar-refractivity contribution in [2.24, 2.45) is 10.9 Å². The topological polar surface area (TPSA) is 60.4 Å². The van der Waals surface area contributed by atoms with E-state index in [0.29, 0.717) is 0 Å². The molecule has 154 valence electrons. The number of nitrogens with zero attached hydrogens (tertiary/aromatic N) is 4. The van der Waals surface area contributed by atoms with Gasteiger partial charge >= 0.3 is 0 Å². The second kappa shape index (κ2) is 10.3. The first-order chi connectivity index (χ1) is 13.2. The van der Waals surface area contributed by atoms with Gasteiger partial charge in [0.05, 0.1) is 6.54 Å². The summed E-state index contributed by atoms with van der Waals surface area (Å²) in [6.07, 6.45) is 4.29. The molecule has 1 unspecified atom stereocenters. The van der Waals surface area contributed by atoms with E-state index in [0.717, 1.165) is 77.1 Å². The maximum Gasteiger partial charge on any atom is 0.251 e. The van der Waals surface area contributed by atoms with E-state index >= 15 is 0 Å². The molecule has 0 radical (unpaired) electrons. The van der Waals surface area contributed by atoms with E-state index in [1.807, 2.05) is 4.90 Å². The van der Waals surface area contributed by atoms with Crippen molar-refractivity contribution >= 4 is 11.9 Å². The number of hydrogen-bond donors (Lipinski definition) is 1. The number of rotatable bonds is 5. The first kappa shape index (κ1) is 20.4. The minimum Gasteiger partial charge on any atom is -0.368 e. The zero-order chi connectivity index (χ0) is 19.1. The summed E-state index contributed by atoms with van der Waals surface area (Å²) in [4.78, 5) is 24.2. The molecular weight excluding hydrogens is 342 g/mol. The quantitative estimate of drug-likeness (QED) is 0.571. The summed E-state index contributed by atoms with van der Waals surface area (Å²) < 4.78 is 5.55. The summed E-state index contributed by atoms with van der Waals surface area (Å²) in [5.74, 6) is 2.04. The summed E-state index contributed by atoms with van der Waals surface area (Å²) in [7, 11) is 0. The molecule has 3 aliphatic rings. The molecule has 1 atom stereocenters. The van der Waals surface area contributed by atoms with E-state index in [1.54, 1.807) is 0 Å². The van der Waals surface area contributed by atoms with E-state index in [9.17, 15) is 4.79 Å². The average molecular weight is 380 g/mol. The fourth-order valence-corrected chi connectivity index (χ4v) is 4.12. The van der Waals surface area contributed by atoms with E-state index in [1.165, 1.54) is 25.9 Å². The highest BCUT2D eigenvalue weighted by Crippen LogP contribution is 2.17. The SMILES string of the molecule is CCNC(=NCCN1CCC(C)CC1)N1CCN(C(=O)C2CCCO2)CC1. The first-order valence-corrected chi connectivity index (χ1v) is 10.8. The molecule has 7 nitrogen and oxygen atoms in total. The van der Waals surface area contributed by atoms with Gasteiger partial charge in [0.1, 0.15) is 6.10 Å². The molecule has 0 saturated carbocycles. The normalized spacial score (nSPS) is 25.9. The molecule has 1 N–H and O–H groups in total.